The summed E-state index contributed by atoms with van der Waals surface area (Å²) in [5.41, 5.74) is 1.53. The van der Waals surface area contributed by atoms with Crippen LogP contribution in [0.3, 0.4) is 0 Å². The van der Waals surface area contributed by atoms with Gasteiger partial charge in [-0.3, -0.25) is 19.9 Å². The lowest BCUT2D eigenvalue weighted by Crippen LogP contribution is -2.48. The fourth-order valence-corrected chi connectivity index (χ4v) is 3.55. The molecule has 32 heavy (non-hydrogen) atoms. The van der Waals surface area contributed by atoms with Crippen LogP contribution in [0.4, 0.5) is 17.1 Å². The Balaban J connectivity index is 1.69. The van der Waals surface area contributed by atoms with E-state index < -0.39 is 10.7 Å². The summed E-state index contributed by atoms with van der Waals surface area (Å²) in [6, 6.07) is 9.85. The summed E-state index contributed by atoms with van der Waals surface area (Å²) in [7, 11) is 0. The Labute approximate surface area is 187 Å². The van der Waals surface area contributed by atoms with Crippen molar-refractivity contribution in [2.75, 3.05) is 37.7 Å². The Bertz CT molecular complexity index is 983. The number of non-ortho nitro benzene ring substituents is 1. The van der Waals surface area contributed by atoms with Crippen LogP contribution >= 0.6 is 0 Å². The van der Waals surface area contributed by atoms with Crippen molar-refractivity contribution in [1.29, 1.82) is 0 Å². The van der Waals surface area contributed by atoms with Crippen molar-refractivity contribution in [1.82, 2.24) is 4.90 Å². The molecule has 1 aliphatic rings. The van der Waals surface area contributed by atoms with Gasteiger partial charge in [0.15, 0.2) is 0 Å². The standard InChI is InChI=1S/C23H28N4O5/c1-3-5-22(28)26-12-10-25(11-13-26)19-8-6-18(7-9-19)24-16-17-14-20(27(30)31)15-21(23(17)29)32-4-2/h6-9,14-16,29H,3-5,10-13H2,1-2H3/p-1. The molecule has 0 aliphatic carbocycles. The number of carbonyl (C=O) groups excluding carboxylic acids is 1. The molecule has 0 saturated carbocycles. The average Bonchev–Trinajstić information content (AvgIpc) is 2.80. The summed E-state index contributed by atoms with van der Waals surface area (Å²) in [6.07, 6.45) is 2.78. The number of hydrogen-bond donors (Lipinski definition) is 0. The van der Waals surface area contributed by atoms with Crippen molar-refractivity contribution in [3.05, 3.63) is 52.1 Å². The summed E-state index contributed by atoms with van der Waals surface area (Å²) in [4.78, 5) is 31.1. The maximum atomic E-state index is 12.5. The summed E-state index contributed by atoms with van der Waals surface area (Å²) < 4.78 is 5.23. The van der Waals surface area contributed by atoms with E-state index in [1.807, 2.05) is 36.1 Å². The predicted octanol–water partition coefficient (Wildman–Crippen LogP) is 3.27. The quantitative estimate of drug-likeness (QED) is 0.355. The van der Waals surface area contributed by atoms with E-state index in [2.05, 4.69) is 9.89 Å². The summed E-state index contributed by atoms with van der Waals surface area (Å²) in [5, 5.41) is 23.6. The van der Waals surface area contributed by atoms with Crippen LogP contribution in [0, 0.1) is 10.1 Å². The molecule has 3 rings (SSSR count). The van der Waals surface area contributed by atoms with Gasteiger partial charge in [-0.15, -0.1) is 0 Å². The fraction of sp³-hybridized carbons (Fsp3) is 0.391. The van der Waals surface area contributed by atoms with Crippen LogP contribution in [0.25, 0.3) is 0 Å². The number of benzene rings is 2. The zero-order valence-corrected chi connectivity index (χ0v) is 18.3. The van der Waals surface area contributed by atoms with E-state index >= 15 is 0 Å². The van der Waals surface area contributed by atoms with Crippen molar-refractivity contribution in [2.45, 2.75) is 26.7 Å². The maximum absolute atomic E-state index is 12.5. The fourth-order valence-electron chi connectivity index (χ4n) is 3.55. The molecule has 0 unspecified atom stereocenters. The first kappa shape index (κ1) is 23.1. The Morgan fingerprint density at radius 2 is 1.84 bits per heavy atom. The normalized spacial score (nSPS) is 14.1. The Kier molecular flexibility index (Phi) is 7.64. The number of nitrogens with zero attached hydrogens (tertiary/aromatic N) is 4. The SMILES string of the molecule is CCCC(=O)N1CCN(c2ccc(N=Cc3cc([N+](=O)[O-])cc(OCC)c3[O-])cc2)CC1. The van der Waals surface area contributed by atoms with Gasteiger partial charge in [-0.2, -0.15) is 0 Å². The molecule has 1 aliphatic heterocycles. The first-order chi connectivity index (χ1) is 15.4. The van der Waals surface area contributed by atoms with Gasteiger partial charge >= 0.3 is 0 Å². The molecule has 0 aromatic heterocycles. The Morgan fingerprint density at radius 3 is 2.44 bits per heavy atom. The number of rotatable bonds is 8. The summed E-state index contributed by atoms with van der Waals surface area (Å²) in [6.45, 7) is 6.90. The number of anilines is 1. The number of ether oxygens (including phenoxy) is 1. The molecule has 1 heterocycles. The molecule has 0 bridgehead atoms. The number of amides is 1. The van der Waals surface area contributed by atoms with Gasteiger partial charge in [0.25, 0.3) is 5.69 Å². The van der Waals surface area contributed by atoms with Crippen molar-refractivity contribution in [3.63, 3.8) is 0 Å². The van der Waals surface area contributed by atoms with Crippen molar-refractivity contribution in [2.24, 2.45) is 4.99 Å². The number of nitro groups is 1. The van der Waals surface area contributed by atoms with Crippen LogP contribution < -0.4 is 14.7 Å². The van der Waals surface area contributed by atoms with Crippen LogP contribution in [0.5, 0.6) is 11.5 Å². The molecule has 1 fully saturated rings. The van der Waals surface area contributed by atoms with Gasteiger partial charge in [0.05, 0.1) is 23.3 Å². The highest BCUT2D eigenvalue weighted by Gasteiger charge is 2.20. The lowest BCUT2D eigenvalue weighted by atomic mass is 10.1. The molecule has 1 amide bonds. The third-order valence-corrected chi connectivity index (χ3v) is 5.24. The molecule has 0 radical (unpaired) electrons. The van der Waals surface area contributed by atoms with E-state index in [0.717, 1.165) is 31.3 Å². The van der Waals surface area contributed by atoms with Gasteiger partial charge in [-0.05, 0) is 43.2 Å². The van der Waals surface area contributed by atoms with E-state index in [-0.39, 0.29) is 29.5 Å². The van der Waals surface area contributed by atoms with Crippen molar-refractivity contribution < 1.29 is 19.6 Å². The molecule has 0 atom stereocenters. The van der Waals surface area contributed by atoms with Crippen LogP contribution in [0.2, 0.25) is 0 Å². The van der Waals surface area contributed by atoms with E-state index in [1.165, 1.54) is 12.3 Å². The highest BCUT2D eigenvalue weighted by Crippen LogP contribution is 2.32. The lowest BCUT2D eigenvalue weighted by Gasteiger charge is -2.36. The van der Waals surface area contributed by atoms with E-state index in [1.54, 1.807) is 6.92 Å². The molecular formula is C23H27N4O5-. The molecule has 9 nitrogen and oxygen atoms in total. The number of hydrogen-bond acceptors (Lipinski definition) is 7. The molecule has 2 aromatic carbocycles. The number of piperazine rings is 1. The Hall–Kier alpha value is -3.62. The number of nitro benzene ring substituents is 1. The van der Waals surface area contributed by atoms with Crippen LogP contribution in [-0.4, -0.2) is 54.7 Å². The summed E-state index contributed by atoms with van der Waals surface area (Å²) >= 11 is 0. The van der Waals surface area contributed by atoms with Gasteiger partial charge in [-0.25, -0.2) is 0 Å². The number of aliphatic imine (C=N–C) groups is 1. The first-order valence-electron chi connectivity index (χ1n) is 10.7. The number of carbonyl (C=O) groups is 1. The lowest BCUT2D eigenvalue weighted by molar-refractivity contribution is -0.385. The second-order valence-electron chi connectivity index (χ2n) is 7.44. The minimum atomic E-state index is -0.566. The third kappa shape index (κ3) is 5.54. The van der Waals surface area contributed by atoms with Gasteiger partial charge in [-0.1, -0.05) is 12.7 Å². The largest absolute Gasteiger partial charge is 0.870 e. The van der Waals surface area contributed by atoms with Crippen LogP contribution in [0.1, 0.15) is 32.3 Å². The monoisotopic (exact) mass is 439 g/mol. The Morgan fingerprint density at radius 1 is 1.16 bits per heavy atom. The van der Waals surface area contributed by atoms with E-state index in [9.17, 15) is 20.0 Å². The highest BCUT2D eigenvalue weighted by molar-refractivity contribution is 5.87. The molecule has 2 aromatic rings. The van der Waals surface area contributed by atoms with E-state index in [4.69, 9.17) is 4.74 Å². The smallest absolute Gasteiger partial charge is 0.273 e. The minimum Gasteiger partial charge on any atom is -0.870 e. The summed E-state index contributed by atoms with van der Waals surface area (Å²) in [5.74, 6) is -0.286. The molecule has 0 N–H and O–H groups in total. The van der Waals surface area contributed by atoms with Crippen molar-refractivity contribution in [3.8, 4) is 11.5 Å². The zero-order valence-electron chi connectivity index (χ0n) is 18.3. The molecule has 1 saturated heterocycles. The average molecular weight is 439 g/mol. The maximum Gasteiger partial charge on any atom is 0.273 e. The van der Waals surface area contributed by atoms with E-state index in [0.29, 0.717) is 25.2 Å². The zero-order chi connectivity index (χ0) is 23.1. The third-order valence-electron chi connectivity index (χ3n) is 5.24. The van der Waals surface area contributed by atoms with Crippen molar-refractivity contribution >= 4 is 29.2 Å². The molecule has 9 heteroatoms. The van der Waals surface area contributed by atoms with Gasteiger partial charge < -0.3 is 19.6 Å². The first-order valence-corrected chi connectivity index (χ1v) is 10.7. The minimum absolute atomic E-state index is 0.0601. The van der Waals surface area contributed by atoms with Crippen LogP contribution in [0.15, 0.2) is 41.4 Å². The topological polar surface area (TPSA) is 111 Å². The molecular weight excluding hydrogens is 412 g/mol. The van der Waals surface area contributed by atoms with Crippen LogP contribution in [-0.2, 0) is 4.79 Å². The molecule has 0 spiro atoms. The van der Waals surface area contributed by atoms with Gasteiger partial charge in [0, 0.05) is 50.6 Å². The predicted molar refractivity (Wildman–Crippen MR) is 121 cm³/mol. The van der Waals surface area contributed by atoms with Gasteiger partial charge in [0.1, 0.15) is 5.75 Å². The van der Waals surface area contributed by atoms with Gasteiger partial charge in [0.2, 0.25) is 5.91 Å². The highest BCUT2D eigenvalue weighted by atomic mass is 16.6. The second-order valence-corrected chi connectivity index (χ2v) is 7.44. The second kappa shape index (κ2) is 10.6. The molecule has 170 valence electrons.